The first-order valence-corrected chi connectivity index (χ1v) is 6.35. The maximum atomic E-state index is 13.1. The van der Waals surface area contributed by atoms with E-state index in [9.17, 15) is 4.39 Å². The minimum atomic E-state index is -0.168. The van der Waals surface area contributed by atoms with E-state index >= 15 is 0 Å². The summed E-state index contributed by atoms with van der Waals surface area (Å²) in [6, 6.07) is 7.53. The van der Waals surface area contributed by atoms with E-state index in [4.69, 9.17) is 0 Å². The van der Waals surface area contributed by atoms with Crippen molar-refractivity contribution in [2.75, 3.05) is 25.0 Å². The maximum absolute atomic E-state index is 13.1. The second-order valence-corrected chi connectivity index (χ2v) is 5.15. The standard InChI is InChI=1S/C14H21FN2/c1-11(9-16-13-6-7-13)10-17(2)14-5-3-4-12(15)8-14/h3-5,8,11,13,16H,6-7,9-10H2,1-2H3. The van der Waals surface area contributed by atoms with Crippen molar-refractivity contribution >= 4 is 5.69 Å². The molecular formula is C14H21FN2. The molecule has 2 nitrogen and oxygen atoms in total. The predicted octanol–water partition coefficient (Wildman–Crippen LogP) is 2.65. The molecule has 0 heterocycles. The Labute approximate surface area is 103 Å². The summed E-state index contributed by atoms with van der Waals surface area (Å²) < 4.78 is 13.1. The van der Waals surface area contributed by atoms with Crippen LogP contribution in [0.2, 0.25) is 0 Å². The number of hydrogen-bond acceptors (Lipinski definition) is 2. The van der Waals surface area contributed by atoms with Crippen molar-refractivity contribution in [3.05, 3.63) is 30.1 Å². The smallest absolute Gasteiger partial charge is 0.125 e. The molecule has 0 aliphatic heterocycles. The highest BCUT2D eigenvalue weighted by Crippen LogP contribution is 2.19. The van der Waals surface area contributed by atoms with Crippen LogP contribution in [0.25, 0.3) is 0 Å². The first-order chi connectivity index (χ1) is 8.15. The molecule has 1 aliphatic rings. The van der Waals surface area contributed by atoms with E-state index in [-0.39, 0.29) is 5.82 Å². The quantitative estimate of drug-likeness (QED) is 0.817. The van der Waals surface area contributed by atoms with Gasteiger partial charge in [0.2, 0.25) is 0 Å². The topological polar surface area (TPSA) is 15.3 Å². The van der Waals surface area contributed by atoms with E-state index in [1.807, 2.05) is 13.1 Å². The summed E-state index contributed by atoms with van der Waals surface area (Å²) in [5.41, 5.74) is 0.947. The second kappa shape index (κ2) is 5.50. The number of halogens is 1. The van der Waals surface area contributed by atoms with Crippen LogP contribution in [-0.4, -0.2) is 26.2 Å². The Bertz CT molecular complexity index is 363. The van der Waals surface area contributed by atoms with Crippen molar-refractivity contribution < 1.29 is 4.39 Å². The number of nitrogens with one attached hydrogen (secondary N) is 1. The summed E-state index contributed by atoms with van der Waals surface area (Å²) in [7, 11) is 2.02. The molecule has 94 valence electrons. The number of rotatable bonds is 6. The van der Waals surface area contributed by atoms with Gasteiger partial charge in [-0.3, -0.25) is 0 Å². The van der Waals surface area contributed by atoms with Crippen LogP contribution in [0.3, 0.4) is 0 Å². The zero-order chi connectivity index (χ0) is 12.3. The Balaban J connectivity index is 1.80. The zero-order valence-electron chi connectivity index (χ0n) is 10.6. The second-order valence-electron chi connectivity index (χ2n) is 5.15. The lowest BCUT2D eigenvalue weighted by Gasteiger charge is -2.23. The Hall–Kier alpha value is -1.09. The molecule has 2 rings (SSSR count). The van der Waals surface area contributed by atoms with Gasteiger partial charge in [-0.2, -0.15) is 0 Å². The fourth-order valence-electron chi connectivity index (χ4n) is 2.01. The van der Waals surface area contributed by atoms with Gasteiger partial charge in [0.1, 0.15) is 5.82 Å². The van der Waals surface area contributed by atoms with E-state index in [1.165, 1.54) is 18.9 Å². The third-order valence-electron chi connectivity index (χ3n) is 3.17. The first-order valence-electron chi connectivity index (χ1n) is 6.35. The largest absolute Gasteiger partial charge is 0.374 e. The molecule has 1 aromatic carbocycles. The number of anilines is 1. The van der Waals surface area contributed by atoms with Gasteiger partial charge in [0.05, 0.1) is 0 Å². The number of benzene rings is 1. The summed E-state index contributed by atoms with van der Waals surface area (Å²) in [5, 5.41) is 3.52. The molecule has 0 saturated heterocycles. The third kappa shape index (κ3) is 4.00. The van der Waals surface area contributed by atoms with Crippen molar-refractivity contribution in [1.82, 2.24) is 5.32 Å². The van der Waals surface area contributed by atoms with Gasteiger partial charge < -0.3 is 10.2 Å². The molecule has 1 N–H and O–H groups in total. The molecule has 1 unspecified atom stereocenters. The third-order valence-corrected chi connectivity index (χ3v) is 3.17. The summed E-state index contributed by atoms with van der Waals surface area (Å²) >= 11 is 0. The average Bonchev–Trinajstić information content (AvgIpc) is 3.10. The van der Waals surface area contributed by atoms with E-state index in [0.29, 0.717) is 5.92 Å². The molecule has 1 atom stereocenters. The minimum absolute atomic E-state index is 0.168. The molecule has 3 heteroatoms. The molecule has 17 heavy (non-hydrogen) atoms. The Morgan fingerprint density at radius 2 is 2.24 bits per heavy atom. The van der Waals surface area contributed by atoms with Crippen LogP contribution in [0.4, 0.5) is 10.1 Å². The maximum Gasteiger partial charge on any atom is 0.125 e. The van der Waals surface area contributed by atoms with Crippen LogP contribution in [0, 0.1) is 11.7 Å². The van der Waals surface area contributed by atoms with E-state index in [0.717, 1.165) is 24.8 Å². The summed E-state index contributed by atoms with van der Waals surface area (Å²) in [6.07, 6.45) is 2.65. The monoisotopic (exact) mass is 236 g/mol. The molecule has 0 amide bonds. The first kappa shape index (κ1) is 12.4. The van der Waals surface area contributed by atoms with Gasteiger partial charge in [0.25, 0.3) is 0 Å². The number of nitrogens with zero attached hydrogens (tertiary/aromatic N) is 1. The molecule has 0 spiro atoms. The van der Waals surface area contributed by atoms with Crippen LogP contribution >= 0.6 is 0 Å². The molecule has 1 saturated carbocycles. The lowest BCUT2D eigenvalue weighted by atomic mass is 10.1. The van der Waals surface area contributed by atoms with Gasteiger partial charge in [-0.25, -0.2) is 4.39 Å². The van der Waals surface area contributed by atoms with Gasteiger partial charge in [-0.05, 0) is 43.5 Å². The molecule has 0 aromatic heterocycles. The fourth-order valence-corrected chi connectivity index (χ4v) is 2.01. The normalized spacial score (nSPS) is 16.9. The minimum Gasteiger partial charge on any atom is -0.374 e. The van der Waals surface area contributed by atoms with Crippen molar-refractivity contribution in [3.8, 4) is 0 Å². The van der Waals surface area contributed by atoms with Crippen molar-refractivity contribution in [3.63, 3.8) is 0 Å². The summed E-state index contributed by atoms with van der Waals surface area (Å²) in [6.45, 7) is 4.22. The summed E-state index contributed by atoms with van der Waals surface area (Å²) in [4.78, 5) is 2.11. The van der Waals surface area contributed by atoms with Gasteiger partial charge >= 0.3 is 0 Å². The number of hydrogen-bond donors (Lipinski definition) is 1. The van der Waals surface area contributed by atoms with Gasteiger partial charge in [0.15, 0.2) is 0 Å². The zero-order valence-corrected chi connectivity index (χ0v) is 10.6. The Kier molecular flexibility index (Phi) is 4.00. The lowest BCUT2D eigenvalue weighted by molar-refractivity contribution is 0.511. The predicted molar refractivity (Wildman–Crippen MR) is 69.9 cm³/mol. The van der Waals surface area contributed by atoms with Crippen LogP contribution in [0.15, 0.2) is 24.3 Å². The van der Waals surface area contributed by atoms with Crippen LogP contribution < -0.4 is 10.2 Å². The fraction of sp³-hybridized carbons (Fsp3) is 0.571. The lowest BCUT2D eigenvalue weighted by Crippen LogP contribution is -2.31. The average molecular weight is 236 g/mol. The van der Waals surface area contributed by atoms with E-state index < -0.39 is 0 Å². The highest BCUT2D eigenvalue weighted by atomic mass is 19.1. The Morgan fingerprint density at radius 3 is 2.88 bits per heavy atom. The van der Waals surface area contributed by atoms with Crippen LogP contribution in [-0.2, 0) is 0 Å². The van der Waals surface area contributed by atoms with Gasteiger partial charge in [-0.15, -0.1) is 0 Å². The van der Waals surface area contributed by atoms with E-state index in [1.54, 1.807) is 12.1 Å². The molecule has 0 radical (unpaired) electrons. The molecule has 1 fully saturated rings. The molecule has 1 aliphatic carbocycles. The highest BCUT2D eigenvalue weighted by Gasteiger charge is 2.21. The molecular weight excluding hydrogens is 215 g/mol. The van der Waals surface area contributed by atoms with Gasteiger partial charge in [0, 0.05) is 25.3 Å². The van der Waals surface area contributed by atoms with Crippen LogP contribution in [0.5, 0.6) is 0 Å². The van der Waals surface area contributed by atoms with Gasteiger partial charge in [-0.1, -0.05) is 13.0 Å². The Morgan fingerprint density at radius 1 is 1.47 bits per heavy atom. The van der Waals surface area contributed by atoms with Crippen LogP contribution in [0.1, 0.15) is 19.8 Å². The van der Waals surface area contributed by atoms with Crippen molar-refractivity contribution in [1.29, 1.82) is 0 Å². The van der Waals surface area contributed by atoms with E-state index in [2.05, 4.69) is 17.1 Å². The molecule has 0 bridgehead atoms. The van der Waals surface area contributed by atoms with Crippen molar-refractivity contribution in [2.24, 2.45) is 5.92 Å². The molecule has 1 aromatic rings. The SMILES string of the molecule is CC(CNC1CC1)CN(C)c1cccc(F)c1. The summed E-state index contributed by atoms with van der Waals surface area (Å²) in [5.74, 6) is 0.405. The van der Waals surface area contributed by atoms with Crippen molar-refractivity contribution in [2.45, 2.75) is 25.8 Å². The highest BCUT2D eigenvalue weighted by molar-refractivity contribution is 5.45.